The van der Waals surface area contributed by atoms with Crippen LogP contribution in [0.4, 0.5) is 0 Å². The standard InChI is InChI=1S/C77H126O6/c1-4-7-10-13-16-19-22-24-26-28-30-32-34-35-36-37-38-39-40-41-43-44-46-48-50-52-55-58-61-64-67-70-76(79)82-73-74(72-81-75(78)69-66-63-60-57-54-21-18-15-12-9-6-3)83-77(80)71-68-65-62-59-56-53-51-49-47-45-42-33-31-29-27-25-23-20-17-14-11-8-5-2/h7-8,10-11,16-17,19-20,24-27,30-33,35-36,38-39,41,43,46,48,74H,4-6,9,12-15,18,21-23,28-29,34,37,40,42,44-45,47,49-73H2,1-3H3/b10-7-,11-8-,19-16-,20-17-,26-24-,27-25-,32-30-,33-31-,36-35-,39-38-,43-41-,48-46-. The SMILES string of the molecule is CC/C=C\C/C=C\C/C=C\C/C=C\C/C=C\C/C=C\C/C=C\C/C=C\CCCCCCCCC(=O)OCC(COC(=O)CCCCCCCCCCCCC)OC(=O)CCCCCCCCCCCC/C=C\C/C=C\C/C=C\C/C=C\CC. The lowest BCUT2D eigenvalue weighted by Gasteiger charge is -2.18. The number of allylic oxidation sites excluding steroid dienone is 24. The lowest BCUT2D eigenvalue weighted by molar-refractivity contribution is -0.167. The Balaban J connectivity index is 4.31. The molecule has 0 saturated heterocycles. The van der Waals surface area contributed by atoms with Crippen LogP contribution >= 0.6 is 0 Å². The summed E-state index contributed by atoms with van der Waals surface area (Å²) in [5, 5.41) is 0. The number of hydrogen-bond acceptors (Lipinski definition) is 6. The van der Waals surface area contributed by atoms with E-state index in [1.165, 1.54) is 116 Å². The van der Waals surface area contributed by atoms with Crippen molar-refractivity contribution in [2.75, 3.05) is 13.2 Å². The molecule has 0 aromatic rings. The third kappa shape index (κ3) is 68.0. The summed E-state index contributed by atoms with van der Waals surface area (Å²) in [4.78, 5) is 38.4. The topological polar surface area (TPSA) is 78.9 Å². The minimum Gasteiger partial charge on any atom is -0.462 e. The first-order chi connectivity index (χ1) is 41.0. The predicted octanol–water partition coefficient (Wildman–Crippen LogP) is 23.9. The van der Waals surface area contributed by atoms with Crippen LogP contribution < -0.4 is 0 Å². The van der Waals surface area contributed by atoms with Crippen LogP contribution in [0.1, 0.15) is 303 Å². The van der Waals surface area contributed by atoms with Gasteiger partial charge in [0.05, 0.1) is 0 Å². The van der Waals surface area contributed by atoms with Gasteiger partial charge in [0, 0.05) is 19.3 Å². The van der Waals surface area contributed by atoms with Crippen LogP contribution in [-0.4, -0.2) is 37.2 Å². The second-order valence-electron chi connectivity index (χ2n) is 22.3. The average molecular weight is 1150 g/mol. The van der Waals surface area contributed by atoms with Crippen LogP contribution in [0, 0.1) is 0 Å². The van der Waals surface area contributed by atoms with Crippen molar-refractivity contribution in [3.63, 3.8) is 0 Å². The van der Waals surface area contributed by atoms with Crippen LogP contribution in [0.25, 0.3) is 0 Å². The van der Waals surface area contributed by atoms with Gasteiger partial charge in [0.1, 0.15) is 13.2 Å². The number of unbranched alkanes of at least 4 members (excludes halogenated alkanes) is 26. The van der Waals surface area contributed by atoms with Gasteiger partial charge in [0.25, 0.3) is 0 Å². The minimum absolute atomic E-state index is 0.0860. The molecule has 0 aromatic heterocycles. The first-order valence-corrected chi connectivity index (χ1v) is 34.3. The van der Waals surface area contributed by atoms with Crippen LogP contribution in [0.5, 0.6) is 0 Å². The number of esters is 3. The van der Waals surface area contributed by atoms with Crippen molar-refractivity contribution in [2.24, 2.45) is 0 Å². The molecule has 0 rings (SSSR count). The summed E-state index contributed by atoms with van der Waals surface area (Å²) in [5.74, 6) is -0.902. The Morgan fingerprint density at radius 1 is 0.253 bits per heavy atom. The lowest BCUT2D eigenvalue weighted by Crippen LogP contribution is -2.30. The molecule has 0 aromatic carbocycles. The van der Waals surface area contributed by atoms with E-state index in [0.29, 0.717) is 19.3 Å². The number of rotatable bonds is 61. The molecule has 0 fully saturated rings. The summed E-state index contributed by atoms with van der Waals surface area (Å²) in [7, 11) is 0. The van der Waals surface area contributed by atoms with Gasteiger partial charge >= 0.3 is 17.9 Å². The number of hydrogen-bond donors (Lipinski definition) is 0. The molecule has 6 nitrogen and oxygen atoms in total. The van der Waals surface area contributed by atoms with Crippen LogP contribution in [0.3, 0.4) is 0 Å². The summed E-state index contributed by atoms with van der Waals surface area (Å²) >= 11 is 0. The molecule has 1 atom stereocenters. The number of ether oxygens (including phenoxy) is 3. The maximum Gasteiger partial charge on any atom is 0.306 e. The van der Waals surface area contributed by atoms with Crippen molar-refractivity contribution in [2.45, 2.75) is 309 Å². The van der Waals surface area contributed by atoms with E-state index in [4.69, 9.17) is 14.2 Å². The molecule has 0 heterocycles. The Morgan fingerprint density at radius 3 is 0.735 bits per heavy atom. The zero-order valence-electron chi connectivity index (χ0n) is 53.9. The molecule has 0 aliphatic heterocycles. The fraction of sp³-hybridized carbons (Fsp3) is 0.649. The highest BCUT2D eigenvalue weighted by Crippen LogP contribution is 2.16. The predicted molar refractivity (Wildman–Crippen MR) is 362 cm³/mol. The van der Waals surface area contributed by atoms with E-state index in [1.807, 2.05) is 0 Å². The zero-order chi connectivity index (χ0) is 59.9. The van der Waals surface area contributed by atoms with E-state index in [9.17, 15) is 14.4 Å². The first kappa shape index (κ1) is 78.3. The second kappa shape index (κ2) is 69.8. The summed E-state index contributed by atoms with van der Waals surface area (Å²) in [6, 6.07) is 0. The fourth-order valence-corrected chi connectivity index (χ4v) is 9.27. The normalized spacial score (nSPS) is 13.0. The van der Waals surface area contributed by atoms with Crippen molar-refractivity contribution in [3.05, 3.63) is 146 Å². The Hall–Kier alpha value is -4.71. The van der Waals surface area contributed by atoms with Crippen molar-refractivity contribution >= 4 is 17.9 Å². The average Bonchev–Trinajstić information content (AvgIpc) is 3.48. The molecular weight excluding hydrogens is 1020 g/mol. The Labute approximate surface area is 512 Å². The van der Waals surface area contributed by atoms with Crippen molar-refractivity contribution in [1.29, 1.82) is 0 Å². The van der Waals surface area contributed by atoms with Gasteiger partial charge in [-0.05, 0) is 122 Å². The van der Waals surface area contributed by atoms with Crippen LogP contribution in [-0.2, 0) is 28.6 Å². The number of carbonyl (C=O) groups is 3. The molecule has 0 N–H and O–H groups in total. The molecule has 0 amide bonds. The van der Waals surface area contributed by atoms with Crippen molar-refractivity contribution < 1.29 is 28.6 Å². The summed E-state index contributed by atoms with van der Waals surface area (Å²) in [5.41, 5.74) is 0. The zero-order valence-corrected chi connectivity index (χ0v) is 53.9. The van der Waals surface area contributed by atoms with E-state index in [-0.39, 0.29) is 31.1 Å². The first-order valence-electron chi connectivity index (χ1n) is 34.3. The molecule has 0 aliphatic rings. The molecule has 6 heteroatoms. The van der Waals surface area contributed by atoms with Gasteiger partial charge in [-0.2, -0.15) is 0 Å². The third-order valence-electron chi connectivity index (χ3n) is 14.3. The monoisotopic (exact) mass is 1150 g/mol. The molecule has 470 valence electrons. The molecule has 1 unspecified atom stereocenters. The highest BCUT2D eigenvalue weighted by atomic mass is 16.6. The van der Waals surface area contributed by atoms with E-state index in [0.717, 1.165) is 148 Å². The molecule has 0 spiro atoms. The van der Waals surface area contributed by atoms with Crippen molar-refractivity contribution in [3.8, 4) is 0 Å². The molecule has 0 bridgehead atoms. The van der Waals surface area contributed by atoms with E-state index < -0.39 is 6.10 Å². The Morgan fingerprint density at radius 2 is 0.470 bits per heavy atom. The van der Waals surface area contributed by atoms with Gasteiger partial charge in [-0.15, -0.1) is 0 Å². The Bertz CT molecular complexity index is 1800. The smallest absolute Gasteiger partial charge is 0.306 e. The van der Waals surface area contributed by atoms with Gasteiger partial charge in [-0.25, -0.2) is 0 Å². The summed E-state index contributed by atoms with van der Waals surface area (Å²) in [6.07, 6.45) is 100. The Kier molecular flexibility index (Phi) is 65.8. The molecule has 0 aliphatic carbocycles. The highest BCUT2D eigenvalue weighted by Gasteiger charge is 2.19. The maximum atomic E-state index is 12.9. The fourth-order valence-electron chi connectivity index (χ4n) is 9.27. The maximum absolute atomic E-state index is 12.9. The van der Waals surface area contributed by atoms with Gasteiger partial charge < -0.3 is 14.2 Å². The lowest BCUT2D eigenvalue weighted by atomic mass is 10.0. The summed E-state index contributed by atoms with van der Waals surface area (Å²) in [6.45, 7) is 6.41. The second-order valence-corrected chi connectivity index (χ2v) is 22.3. The van der Waals surface area contributed by atoms with E-state index in [2.05, 4.69) is 167 Å². The van der Waals surface area contributed by atoms with Gasteiger partial charge in [-0.3, -0.25) is 14.4 Å². The van der Waals surface area contributed by atoms with Gasteiger partial charge in [0.15, 0.2) is 6.10 Å². The molecular formula is C77H126O6. The highest BCUT2D eigenvalue weighted by molar-refractivity contribution is 5.71. The minimum atomic E-state index is -0.792. The molecule has 0 saturated carbocycles. The van der Waals surface area contributed by atoms with Crippen LogP contribution in [0.15, 0.2) is 146 Å². The van der Waals surface area contributed by atoms with Crippen LogP contribution in [0.2, 0.25) is 0 Å². The largest absolute Gasteiger partial charge is 0.462 e. The van der Waals surface area contributed by atoms with Crippen molar-refractivity contribution in [1.82, 2.24) is 0 Å². The van der Waals surface area contributed by atoms with E-state index in [1.54, 1.807) is 0 Å². The molecule has 0 radical (unpaired) electrons. The quantitative estimate of drug-likeness (QED) is 0.0261. The van der Waals surface area contributed by atoms with E-state index >= 15 is 0 Å². The summed E-state index contributed by atoms with van der Waals surface area (Å²) < 4.78 is 16.9. The number of carbonyl (C=O) groups excluding carboxylic acids is 3. The molecule has 83 heavy (non-hydrogen) atoms. The van der Waals surface area contributed by atoms with Gasteiger partial charge in [0.2, 0.25) is 0 Å². The van der Waals surface area contributed by atoms with Gasteiger partial charge in [-0.1, -0.05) is 308 Å². The third-order valence-corrected chi connectivity index (χ3v) is 14.3.